The minimum Gasteiger partial charge on any atom is -0.469 e. The van der Waals surface area contributed by atoms with Crippen LogP contribution in [-0.4, -0.2) is 18.1 Å². The lowest BCUT2D eigenvalue weighted by Gasteiger charge is -2.08. The van der Waals surface area contributed by atoms with Gasteiger partial charge in [-0.3, -0.25) is 9.78 Å². The Morgan fingerprint density at radius 2 is 2.29 bits per heavy atom. The van der Waals surface area contributed by atoms with E-state index in [9.17, 15) is 13.6 Å². The largest absolute Gasteiger partial charge is 0.469 e. The van der Waals surface area contributed by atoms with Crippen LogP contribution in [0.1, 0.15) is 28.9 Å². The number of nitriles is 1. The maximum absolute atomic E-state index is 12.5. The molecule has 0 saturated carbocycles. The van der Waals surface area contributed by atoms with Gasteiger partial charge >= 0.3 is 5.97 Å². The van der Waals surface area contributed by atoms with Crippen LogP contribution in [0, 0.1) is 18.3 Å². The number of methoxy groups -OCH3 is 1. The van der Waals surface area contributed by atoms with Crippen LogP contribution in [0.25, 0.3) is 0 Å². The molecule has 0 bridgehead atoms. The molecule has 90 valence electrons. The van der Waals surface area contributed by atoms with Gasteiger partial charge in [0.1, 0.15) is 11.8 Å². The van der Waals surface area contributed by atoms with Crippen molar-refractivity contribution in [2.24, 2.45) is 0 Å². The van der Waals surface area contributed by atoms with Crippen LogP contribution in [0.5, 0.6) is 0 Å². The molecule has 1 heterocycles. The number of alkyl halides is 2. The van der Waals surface area contributed by atoms with E-state index in [2.05, 4.69) is 9.72 Å². The summed E-state index contributed by atoms with van der Waals surface area (Å²) in [4.78, 5) is 14.7. The lowest BCUT2D eigenvalue weighted by Crippen LogP contribution is -2.09. The first-order chi connectivity index (χ1) is 7.99. The quantitative estimate of drug-likeness (QED) is 0.757. The minimum absolute atomic E-state index is 0.139. The zero-order valence-electron chi connectivity index (χ0n) is 9.33. The van der Waals surface area contributed by atoms with Crippen molar-refractivity contribution in [2.75, 3.05) is 7.11 Å². The fourth-order valence-corrected chi connectivity index (χ4v) is 1.40. The van der Waals surface area contributed by atoms with E-state index < -0.39 is 18.1 Å². The van der Waals surface area contributed by atoms with Crippen molar-refractivity contribution < 1.29 is 18.3 Å². The summed E-state index contributed by atoms with van der Waals surface area (Å²) in [6.45, 7) is 1.45. The molecule has 0 radical (unpaired) electrons. The summed E-state index contributed by atoms with van der Waals surface area (Å²) in [6, 6.07) is 2.91. The molecule has 0 unspecified atom stereocenters. The first-order valence-corrected chi connectivity index (χ1v) is 4.75. The van der Waals surface area contributed by atoms with Crippen molar-refractivity contribution in [3.8, 4) is 6.07 Å². The Balaban J connectivity index is 3.25. The highest BCUT2D eigenvalue weighted by atomic mass is 19.3. The number of carbonyl (C=O) groups is 1. The van der Waals surface area contributed by atoms with Gasteiger partial charge in [0.15, 0.2) is 0 Å². The number of ether oxygens (including phenoxy) is 1. The smallest absolute Gasteiger partial charge is 0.310 e. The number of aromatic nitrogens is 1. The Bertz CT molecular complexity index is 481. The second kappa shape index (κ2) is 5.34. The molecule has 0 aliphatic carbocycles. The fraction of sp³-hybridized carbons (Fsp3) is 0.364. The van der Waals surface area contributed by atoms with Gasteiger partial charge in [-0.15, -0.1) is 0 Å². The number of hydrogen-bond acceptors (Lipinski definition) is 4. The molecule has 17 heavy (non-hydrogen) atoms. The van der Waals surface area contributed by atoms with Crippen LogP contribution >= 0.6 is 0 Å². The van der Waals surface area contributed by atoms with Crippen LogP contribution in [0.4, 0.5) is 8.78 Å². The van der Waals surface area contributed by atoms with Crippen molar-refractivity contribution in [2.45, 2.75) is 19.8 Å². The van der Waals surface area contributed by atoms with E-state index >= 15 is 0 Å². The number of halogens is 2. The van der Waals surface area contributed by atoms with E-state index in [1.807, 2.05) is 6.07 Å². The summed E-state index contributed by atoms with van der Waals surface area (Å²) in [6.07, 6.45) is -2.96. The molecule has 0 saturated heterocycles. The number of esters is 1. The Kier molecular flexibility index (Phi) is 4.10. The maximum atomic E-state index is 12.5. The van der Waals surface area contributed by atoms with Gasteiger partial charge in [0, 0.05) is 0 Å². The van der Waals surface area contributed by atoms with Crippen LogP contribution in [0.3, 0.4) is 0 Å². The molecule has 0 amide bonds. The van der Waals surface area contributed by atoms with Gasteiger partial charge in [0.2, 0.25) is 0 Å². The standard InChI is InChI=1S/C11H10F2N2O2/c1-6-8(5-14)7(4-10(16)17-2)3-9(15-6)11(12)13/h3,11H,4H2,1-2H3. The van der Waals surface area contributed by atoms with Crippen LogP contribution in [0.2, 0.25) is 0 Å². The third kappa shape index (κ3) is 2.97. The van der Waals surface area contributed by atoms with E-state index in [0.29, 0.717) is 0 Å². The van der Waals surface area contributed by atoms with E-state index in [-0.39, 0.29) is 23.2 Å². The molecule has 0 spiro atoms. The van der Waals surface area contributed by atoms with Gasteiger partial charge in [-0.05, 0) is 18.6 Å². The summed E-state index contributed by atoms with van der Waals surface area (Å²) in [5, 5.41) is 8.88. The minimum atomic E-state index is -2.74. The molecule has 0 aliphatic rings. The average Bonchev–Trinajstić information content (AvgIpc) is 2.28. The summed E-state index contributed by atoms with van der Waals surface area (Å²) in [7, 11) is 1.19. The maximum Gasteiger partial charge on any atom is 0.310 e. The monoisotopic (exact) mass is 240 g/mol. The van der Waals surface area contributed by atoms with Crippen molar-refractivity contribution in [1.82, 2.24) is 4.98 Å². The number of nitrogens with zero attached hydrogens (tertiary/aromatic N) is 2. The number of aryl methyl sites for hydroxylation is 1. The molecular formula is C11H10F2N2O2. The SMILES string of the molecule is COC(=O)Cc1cc(C(F)F)nc(C)c1C#N. The zero-order chi connectivity index (χ0) is 13.0. The van der Waals surface area contributed by atoms with Gasteiger partial charge in [-0.2, -0.15) is 5.26 Å². The van der Waals surface area contributed by atoms with Crippen LogP contribution in [-0.2, 0) is 16.0 Å². The molecule has 1 aromatic heterocycles. The van der Waals surface area contributed by atoms with Gasteiger partial charge in [-0.25, -0.2) is 8.78 Å². The second-order valence-electron chi connectivity index (χ2n) is 3.33. The lowest BCUT2D eigenvalue weighted by atomic mass is 10.0. The zero-order valence-corrected chi connectivity index (χ0v) is 9.33. The normalized spacial score (nSPS) is 10.1. The Labute approximate surface area is 96.8 Å². The van der Waals surface area contributed by atoms with E-state index in [4.69, 9.17) is 5.26 Å². The highest BCUT2D eigenvalue weighted by Gasteiger charge is 2.17. The van der Waals surface area contributed by atoms with E-state index in [1.54, 1.807) is 0 Å². The Morgan fingerprint density at radius 1 is 1.65 bits per heavy atom. The van der Waals surface area contributed by atoms with Gasteiger partial charge in [0.05, 0.1) is 24.8 Å². The fourth-order valence-electron chi connectivity index (χ4n) is 1.40. The Hall–Kier alpha value is -2.03. The summed E-state index contributed by atoms with van der Waals surface area (Å²) in [5.41, 5.74) is 0.0894. The number of carbonyl (C=O) groups excluding carboxylic acids is 1. The molecule has 0 aliphatic heterocycles. The van der Waals surface area contributed by atoms with Crippen molar-refractivity contribution in [1.29, 1.82) is 5.26 Å². The highest BCUT2D eigenvalue weighted by Crippen LogP contribution is 2.22. The molecule has 0 N–H and O–H groups in total. The molecule has 0 fully saturated rings. The Morgan fingerprint density at radius 3 is 2.76 bits per heavy atom. The molecule has 1 rings (SSSR count). The number of pyridine rings is 1. The van der Waals surface area contributed by atoms with Gasteiger partial charge in [-0.1, -0.05) is 0 Å². The molecule has 4 nitrogen and oxygen atoms in total. The molecule has 1 aromatic rings. The predicted octanol–water partition coefficient (Wildman–Crippen LogP) is 1.91. The van der Waals surface area contributed by atoms with Gasteiger partial charge < -0.3 is 4.74 Å². The van der Waals surface area contributed by atoms with Crippen molar-refractivity contribution >= 4 is 5.97 Å². The molecule has 0 aromatic carbocycles. The van der Waals surface area contributed by atoms with E-state index in [0.717, 1.165) is 6.07 Å². The third-order valence-electron chi connectivity index (χ3n) is 2.20. The average molecular weight is 240 g/mol. The van der Waals surface area contributed by atoms with Crippen LogP contribution < -0.4 is 0 Å². The van der Waals surface area contributed by atoms with Gasteiger partial charge in [0.25, 0.3) is 6.43 Å². The summed E-state index contributed by atoms with van der Waals surface area (Å²) in [5.74, 6) is -0.590. The summed E-state index contributed by atoms with van der Waals surface area (Å²) < 4.78 is 29.5. The topological polar surface area (TPSA) is 63.0 Å². The predicted molar refractivity (Wildman–Crippen MR) is 54.4 cm³/mol. The van der Waals surface area contributed by atoms with E-state index in [1.165, 1.54) is 14.0 Å². The number of rotatable bonds is 3. The lowest BCUT2D eigenvalue weighted by molar-refractivity contribution is -0.139. The number of hydrogen-bond donors (Lipinski definition) is 0. The first-order valence-electron chi connectivity index (χ1n) is 4.75. The summed E-state index contributed by atoms with van der Waals surface area (Å²) >= 11 is 0. The first kappa shape index (κ1) is 13.0. The highest BCUT2D eigenvalue weighted by molar-refractivity contribution is 5.73. The van der Waals surface area contributed by atoms with Crippen molar-refractivity contribution in [3.05, 3.63) is 28.6 Å². The third-order valence-corrected chi connectivity index (χ3v) is 2.20. The van der Waals surface area contributed by atoms with Crippen LogP contribution in [0.15, 0.2) is 6.07 Å². The second-order valence-corrected chi connectivity index (χ2v) is 3.33. The molecule has 6 heteroatoms. The van der Waals surface area contributed by atoms with Crippen molar-refractivity contribution in [3.63, 3.8) is 0 Å². The molecule has 0 atom stereocenters. The molecular weight excluding hydrogens is 230 g/mol.